The van der Waals surface area contributed by atoms with Crippen molar-refractivity contribution < 1.29 is 19.2 Å². The first-order valence-electron chi connectivity index (χ1n) is 11.4. The van der Waals surface area contributed by atoms with E-state index in [0.29, 0.717) is 17.7 Å². The number of rotatable bonds is 10. The molecule has 8 nitrogen and oxygen atoms in total. The van der Waals surface area contributed by atoms with Crippen LogP contribution in [-0.2, 0) is 4.79 Å². The maximum atomic E-state index is 11.4. The number of aliphatic hydroxyl groups is 1. The minimum Gasteiger partial charge on any atom is -0.493 e. The number of carbonyl (C=O) groups is 1. The zero-order valence-corrected chi connectivity index (χ0v) is 19.2. The number of ether oxygens (including phenoxy) is 1. The number of aromatic nitrogens is 1. The summed E-state index contributed by atoms with van der Waals surface area (Å²) < 4.78 is 11.2. The monoisotopic (exact) mass is 460 g/mol. The summed E-state index contributed by atoms with van der Waals surface area (Å²) in [7, 11) is 0. The van der Waals surface area contributed by atoms with Gasteiger partial charge in [-0.05, 0) is 69.6 Å². The SMILES string of the molecule is CC(NC(=O)CO)c1cc(C2CCC(NNc3ccc(OCC4CC4)cc3S)CC2)no1. The van der Waals surface area contributed by atoms with E-state index in [1.807, 2.05) is 31.2 Å². The molecule has 2 fully saturated rings. The Balaban J connectivity index is 1.22. The fourth-order valence-electron chi connectivity index (χ4n) is 3.98. The standard InChI is InChI=1S/C23H32N4O4S/c1-14(24-23(29)12-28)21-11-20(27-31-21)16-4-6-17(7-5-16)25-26-19-9-8-18(10-22(19)32)30-13-15-2-3-15/h8-11,14-17,25-26,28,32H,2-7,12-13H2,1H3,(H,24,29). The second-order valence-corrected chi connectivity index (χ2v) is 9.33. The normalized spacial score (nSPS) is 21.7. The lowest BCUT2D eigenvalue weighted by Gasteiger charge is -2.28. The first kappa shape index (κ1) is 22.9. The van der Waals surface area contributed by atoms with Gasteiger partial charge in [-0.1, -0.05) is 5.16 Å². The third-order valence-electron chi connectivity index (χ3n) is 6.20. The van der Waals surface area contributed by atoms with E-state index in [4.69, 9.17) is 14.4 Å². The number of hydrazine groups is 1. The van der Waals surface area contributed by atoms with Crippen LogP contribution in [0.3, 0.4) is 0 Å². The van der Waals surface area contributed by atoms with Crippen molar-refractivity contribution in [2.75, 3.05) is 18.6 Å². The van der Waals surface area contributed by atoms with E-state index >= 15 is 0 Å². The number of benzene rings is 1. The highest BCUT2D eigenvalue weighted by Gasteiger charge is 2.26. The number of anilines is 1. The van der Waals surface area contributed by atoms with Crippen LogP contribution in [0.15, 0.2) is 33.7 Å². The van der Waals surface area contributed by atoms with Crippen LogP contribution in [0.25, 0.3) is 0 Å². The van der Waals surface area contributed by atoms with Gasteiger partial charge in [-0.2, -0.15) is 0 Å². The third-order valence-corrected chi connectivity index (χ3v) is 6.57. The molecule has 1 aromatic carbocycles. The van der Waals surface area contributed by atoms with Crippen molar-refractivity contribution in [3.8, 4) is 5.75 Å². The van der Waals surface area contributed by atoms with Gasteiger partial charge in [0, 0.05) is 22.9 Å². The molecule has 32 heavy (non-hydrogen) atoms. The molecule has 1 aromatic heterocycles. The molecule has 9 heteroatoms. The van der Waals surface area contributed by atoms with Crippen LogP contribution in [0.2, 0.25) is 0 Å². The summed E-state index contributed by atoms with van der Waals surface area (Å²) >= 11 is 4.59. The zero-order chi connectivity index (χ0) is 22.5. The van der Waals surface area contributed by atoms with Gasteiger partial charge in [0.05, 0.1) is 24.0 Å². The highest BCUT2D eigenvalue weighted by Crippen LogP contribution is 2.34. The summed E-state index contributed by atoms with van der Waals surface area (Å²) in [6.07, 6.45) is 6.59. The molecule has 1 amide bonds. The number of thiol groups is 1. The minimum atomic E-state index is -0.538. The predicted molar refractivity (Wildman–Crippen MR) is 124 cm³/mol. The number of hydrogen-bond donors (Lipinski definition) is 5. The minimum absolute atomic E-state index is 0.320. The van der Waals surface area contributed by atoms with Crippen molar-refractivity contribution in [3.63, 3.8) is 0 Å². The van der Waals surface area contributed by atoms with E-state index < -0.39 is 12.5 Å². The van der Waals surface area contributed by atoms with Crippen LogP contribution < -0.4 is 20.9 Å². The fraction of sp³-hybridized carbons (Fsp3) is 0.565. The van der Waals surface area contributed by atoms with Crippen LogP contribution in [0.1, 0.15) is 68.9 Å². The molecule has 0 saturated heterocycles. The largest absolute Gasteiger partial charge is 0.493 e. The Bertz CT molecular complexity index is 909. The smallest absolute Gasteiger partial charge is 0.246 e. The second kappa shape index (κ2) is 10.6. The number of hydrogen-bond acceptors (Lipinski definition) is 8. The molecule has 1 unspecified atom stereocenters. The topological polar surface area (TPSA) is 109 Å². The van der Waals surface area contributed by atoms with E-state index in [2.05, 4.69) is 34.0 Å². The first-order chi connectivity index (χ1) is 15.5. The average Bonchev–Trinajstić information content (AvgIpc) is 3.50. The Labute approximate surface area is 193 Å². The van der Waals surface area contributed by atoms with Crippen molar-refractivity contribution in [2.24, 2.45) is 5.92 Å². The average molecular weight is 461 g/mol. The van der Waals surface area contributed by atoms with Crippen molar-refractivity contribution in [1.82, 2.24) is 15.9 Å². The molecule has 2 saturated carbocycles. The van der Waals surface area contributed by atoms with Crippen molar-refractivity contribution in [2.45, 2.75) is 68.3 Å². The van der Waals surface area contributed by atoms with Crippen LogP contribution in [0.4, 0.5) is 5.69 Å². The molecule has 0 aliphatic heterocycles. The Morgan fingerprint density at radius 1 is 1.25 bits per heavy atom. The van der Waals surface area contributed by atoms with Gasteiger partial charge in [-0.3, -0.25) is 4.79 Å². The van der Waals surface area contributed by atoms with Gasteiger partial charge >= 0.3 is 0 Å². The lowest BCUT2D eigenvalue weighted by molar-refractivity contribution is -0.124. The van der Waals surface area contributed by atoms with Gasteiger partial charge in [-0.25, -0.2) is 5.43 Å². The quantitative estimate of drug-likeness (QED) is 0.272. The van der Waals surface area contributed by atoms with Crippen LogP contribution in [0.5, 0.6) is 5.75 Å². The summed E-state index contributed by atoms with van der Waals surface area (Å²) in [4.78, 5) is 12.2. The summed E-state index contributed by atoms with van der Waals surface area (Å²) in [5.74, 6) is 2.11. The van der Waals surface area contributed by atoms with E-state index in [-0.39, 0.29) is 6.04 Å². The molecule has 2 aliphatic carbocycles. The zero-order valence-electron chi connectivity index (χ0n) is 18.3. The molecule has 1 heterocycles. The highest BCUT2D eigenvalue weighted by atomic mass is 32.1. The maximum Gasteiger partial charge on any atom is 0.246 e. The van der Waals surface area contributed by atoms with Gasteiger partial charge in [0.2, 0.25) is 5.91 Å². The summed E-state index contributed by atoms with van der Waals surface area (Å²) in [5, 5.41) is 15.8. The van der Waals surface area contributed by atoms with E-state index in [1.54, 1.807) is 0 Å². The van der Waals surface area contributed by atoms with Crippen molar-refractivity contribution in [3.05, 3.63) is 35.7 Å². The summed E-state index contributed by atoms with van der Waals surface area (Å²) in [5.41, 5.74) is 8.60. The summed E-state index contributed by atoms with van der Waals surface area (Å²) in [6.45, 7) is 2.07. The molecule has 0 radical (unpaired) electrons. The van der Waals surface area contributed by atoms with Gasteiger partial charge in [0.1, 0.15) is 12.4 Å². The molecule has 4 N–H and O–H groups in total. The highest BCUT2D eigenvalue weighted by molar-refractivity contribution is 7.80. The Hall–Kier alpha value is -2.23. The molecule has 0 bridgehead atoms. The van der Waals surface area contributed by atoms with Crippen LogP contribution in [0, 0.1) is 5.92 Å². The first-order valence-corrected chi connectivity index (χ1v) is 11.8. The lowest BCUT2D eigenvalue weighted by Crippen LogP contribution is -2.36. The predicted octanol–water partition coefficient (Wildman–Crippen LogP) is 3.56. The number of carbonyl (C=O) groups excluding carboxylic acids is 1. The van der Waals surface area contributed by atoms with E-state index in [9.17, 15) is 4.79 Å². The molecule has 4 rings (SSSR count). The van der Waals surface area contributed by atoms with Gasteiger partial charge < -0.3 is 25.1 Å². The number of nitrogens with one attached hydrogen (secondary N) is 3. The van der Waals surface area contributed by atoms with Crippen LogP contribution in [-0.4, -0.2) is 35.4 Å². The number of aliphatic hydroxyl groups excluding tert-OH is 1. The molecule has 2 aromatic rings. The molecule has 1 atom stereocenters. The van der Waals surface area contributed by atoms with Gasteiger partial charge in [0.15, 0.2) is 5.76 Å². The Morgan fingerprint density at radius 2 is 2.03 bits per heavy atom. The molecular weight excluding hydrogens is 428 g/mol. The number of amides is 1. The molecule has 174 valence electrons. The lowest BCUT2D eigenvalue weighted by atomic mass is 9.84. The summed E-state index contributed by atoms with van der Waals surface area (Å²) in [6, 6.07) is 7.89. The fourth-order valence-corrected chi connectivity index (χ4v) is 4.24. The molecule has 0 spiro atoms. The Kier molecular flexibility index (Phi) is 7.59. The van der Waals surface area contributed by atoms with Crippen molar-refractivity contribution in [1.29, 1.82) is 0 Å². The Morgan fingerprint density at radius 3 is 2.72 bits per heavy atom. The van der Waals surface area contributed by atoms with Gasteiger partial charge in [0.25, 0.3) is 0 Å². The van der Waals surface area contributed by atoms with Crippen LogP contribution >= 0.6 is 12.6 Å². The maximum absolute atomic E-state index is 11.4. The van der Waals surface area contributed by atoms with Crippen molar-refractivity contribution >= 4 is 24.2 Å². The second-order valence-electron chi connectivity index (χ2n) is 8.85. The third kappa shape index (κ3) is 6.17. The van der Waals surface area contributed by atoms with E-state index in [0.717, 1.165) is 60.2 Å². The number of nitrogens with zero attached hydrogens (tertiary/aromatic N) is 1. The van der Waals surface area contributed by atoms with Gasteiger partial charge in [-0.15, -0.1) is 12.6 Å². The van der Waals surface area contributed by atoms with E-state index in [1.165, 1.54) is 12.8 Å². The molecular formula is C23H32N4O4S. The molecule has 2 aliphatic rings.